The van der Waals surface area contributed by atoms with Crippen LogP contribution in [0.4, 0.5) is 0 Å². The third kappa shape index (κ3) is 4.53. The summed E-state index contributed by atoms with van der Waals surface area (Å²) in [5.41, 5.74) is 1.12. The first kappa shape index (κ1) is 17.9. The number of aliphatic hydroxyl groups excluding tert-OH is 1. The molecule has 1 amide bonds. The molecule has 1 aromatic rings. The van der Waals surface area contributed by atoms with Crippen LogP contribution in [0.25, 0.3) is 0 Å². The van der Waals surface area contributed by atoms with Gasteiger partial charge in [0.25, 0.3) is 0 Å². The Labute approximate surface area is 138 Å². The zero-order valence-electron chi connectivity index (χ0n) is 14.1. The highest BCUT2D eigenvalue weighted by atomic mass is 16.5. The predicted molar refractivity (Wildman–Crippen MR) is 89.6 cm³/mol. The fourth-order valence-corrected chi connectivity index (χ4v) is 2.90. The van der Waals surface area contributed by atoms with Crippen LogP contribution in [0.5, 0.6) is 0 Å². The molecule has 23 heavy (non-hydrogen) atoms. The predicted octanol–water partition coefficient (Wildman–Crippen LogP) is 1.22. The van der Waals surface area contributed by atoms with Crippen LogP contribution >= 0.6 is 0 Å². The molecule has 1 saturated heterocycles. The van der Waals surface area contributed by atoms with Crippen LogP contribution in [0.15, 0.2) is 30.3 Å². The van der Waals surface area contributed by atoms with Crippen LogP contribution in [0.1, 0.15) is 19.4 Å². The smallest absolute Gasteiger partial charge is 0.243 e. The van der Waals surface area contributed by atoms with E-state index < -0.39 is 12.1 Å². The van der Waals surface area contributed by atoms with Crippen molar-refractivity contribution in [2.24, 2.45) is 5.92 Å². The van der Waals surface area contributed by atoms with Crippen LogP contribution in [-0.4, -0.2) is 54.5 Å². The van der Waals surface area contributed by atoms with Gasteiger partial charge in [-0.25, -0.2) is 0 Å². The Balaban J connectivity index is 1.96. The summed E-state index contributed by atoms with van der Waals surface area (Å²) < 4.78 is 5.09. The highest BCUT2D eigenvalue weighted by molar-refractivity contribution is 5.85. The first-order chi connectivity index (χ1) is 11.0. The van der Waals surface area contributed by atoms with Gasteiger partial charge in [-0.2, -0.15) is 0 Å². The summed E-state index contributed by atoms with van der Waals surface area (Å²) in [6, 6.07) is 9.33. The lowest BCUT2D eigenvalue weighted by atomic mass is 10.0. The van der Waals surface area contributed by atoms with Crippen molar-refractivity contribution in [3.63, 3.8) is 0 Å². The second-order valence-corrected chi connectivity index (χ2v) is 6.27. The standard InChI is InChI=1S/C18H27N2O3/c1-13(2)17-19-16(18(22)20(17)11-12-23-3)15(21)10-9-14-7-5-4-6-8-14/h4-8,10,13,15-17,19,21H,9,11-12H2,1-3H3/t15?,16-,17?/m0/s1. The molecule has 0 aromatic heterocycles. The lowest BCUT2D eigenvalue weighted by molar-refractivity contribution is -0.132. The van der Waals surface area contributed by atoms with Gasteiger partial charge in [-0.15, -0.1) is 0 Å². The number of aliphatic hydroxyl groups is 1. The fourth-order valence-electron chi connectivity index (χ4n) is 2.90. The third-order valence-corrected chi connectivity index (χ3v) is 4.18. The van der Waals surface area contributed by atoms with E-state index in [2.05, 4.69) is 19.2 Å². The maximum Gasteiger partial charge on any atom is 0.243 e. The maximum atomic E-state index is 12.6. The number of ether oxygens (including phenoxy) is 1. The Bertz CT molecular complexity index is 492. The monoisotopic (exact) mass is 319 g/mol. The zero-order valence-corrected chi connectivity index (χ0v) is 14.1. The summed E-state index contributed by atoms with van der Waals surface area (Å²) in [6.45, 7) is 5.15. The summed E-state index contributed by atoms with van der Waals surface area (Å²) in [5, 5.41) is 13.7. The Hall–Kier alpha value is -1.43. The topological polar surface area (TPSA) is 61.8 Å². The van der Waals surface area contributed by atoms with E-state index in [4.69, 9.17) is 4.74 Å². The van der Waals surface area contributed by atoms with Crippen molar-refractivity contribution >= 4 is 5.91 Å². The summed E-state index contributed by atoms with van der Waals surface area (Å²) in [5.74, 6) is 0.208. The molecule has 0 spiro atoms. The van der Waals surface area contributed by atoms with Gasteiger partial charge in [-0.3, -0.25) is 10.1 Å². The SMILES string of the molecule is COCCN1C(=O)[C@H](C(O)[CH]Cc2ccccc2)NC1C(C)C. The van der Waals surface area contributed by atoms with Crippen molar-refractivity contribution in [3.05, 3.63) is 42.3 Å². The van der Waals surface area contributed by atoms with E-state index in [-0.39, 0.29) is 18.0 Å². The Morgan fingerprint density at radius 3 is 2.65 bits per heavy atom. The van der Waals surface area contributed by atoms with Gasteiger partial charge < -0.3 is 14.7 Å². The van der Waals surface area contributed by atoms with Crippen LogP contribution < -0.4 is 5.32 Å². The molecule has 127 valence electrons. The van der Waals surface area contributed by atoms with E-state index in [1.165, 1.54) is 0 Å². The first-order valence-electron chi connectivity index (χ1n) is 8.15. The van der Waals surface area contributed by atoms with E-state index in [1.807, 2.05) is 30.3 Å². The molecule has 2 unspecified atom stereocenters. The summed E-state index contributed by atoms with van der Waals surface area (Å²) in [6.07, 6.45) is 1.55. The Morgan fingerprint density at radius 2 is 2.04 bits per heavy atom. The maximum absolute atomic E-state index is 12.6. The molecule has 3 atom stereocenters. The number of hydrogen-bond donors (Lipinski definition) is 2. The lowest BCUT2D eigenvalue weighted by Crippen LogP contribution is -2.44. The molecule has 2 rings (SSSR count). The van der Waals surface area contributed by atoms with Crippen molar-refractivity contribution < 1.29 is 14.6 Å². The molecule has 1 aliphatic rings. The first-order valence-corrected chi connectivity index (χ1v) is 8.15. The molecule has 1 aromatic carbocycles. The van der Waals surface area contributed by atoms with Crippen molar-refractivity contribution in [2.75, 3.05) is 20.3 Å². The molecule has 5 heteroatoms. The van der Waals surface area contributed by atoms with E-state index in [0.717, 1.165) is 5.56 Å². The molecule has 0 aliphatic carbocycles. The number of rotatable bonds is 8. The molecule has 1 heterocycles. The van der Waals surface area contributed by atoms with Gasteiger partial charge >= 0.3 is 0 Å². The van der Waals surface area contributed by atoms with Crippen molar-refractivity contribution in [3.8, 4) is 0 Å². The lowest BCUT2D eigenvalue weighted by Gasteiger charge is -2.26. The second kappa shape index (κ2) is 8.43. The molecule has 1 aliphatic heterocycles. The number of amides is 1. The van der Waals surface area contributed by atoms with Gasteiger partial charge in [0.05, 0.1) is 18.9 Å². The number of benzene rings is 1. The largest absolute Gasteiger partial charge is 0.391 e. The van der Waals surface area contributed by atoms with Gasteiger partial charge in [0.1, 0.15) is 6.04 Å². The van der Waals surface area contributed by atoms with Gasteiger partial charge in [-0.1, -0.05) is 44.2 Å². The zero-order chi connectivity index (χ0) is 16.8. The van der Waals surface area contributed by atoms with Gasteiger partial charge in [0, 0.05) is 13.7 Å². The minimum Gasteiger partial charge on any atom is -0.391 e. The number of carbonyl (C=O) groups is 1. The van der Waals surface area contributed by atoms with E-state index in [0.29, 0.717) is 19.6 Å². The van der Waals surface area contributed by atoms with Gasteiger partial charge in [0.2, 0.25) is 5.91 Å². The number of hydrogen-bond acceptors (Lipinski definition) is 4. The minimum atomic E-state index is -0.809. The van der Waals surface area contributed by atoms with E-state index >= 15 is 0 Å². The Morgan fingerprint density at radius 1 is 1.35 bits per heavy atom. The molecule has 1 fully saturated rings. The summed E-state index contributed by atoms with van der Waals surface area (Å²) >= 11 is 0. The number of nitrogens with one attached hydrogen (secondary N) is 1. The van der Waals surface area contributed by atoms with Crippen molar-refractivity contribution in [1.82, 2.24) is 10.2 Å². The molecular weight excluding hydrogens is 292 g/mol. The van der Waals surface area contributed by atoms with Gasteiger partial charge in [-0.05, 0) is 24.3 Å². The van der Waals surface area contributed by atoms with Crippen molar-refractivity contribution in [2.45, 2.75) is 38.6 Å². The minimum absolute atomic E-state index is 0.0578. The molecule has 0 bridgehead atoms. The molecular formula is C18H27N2O3. The van der Waals surface area contributed by atoms with Crippen LogP contribution in [0.2, 0.25) is 0 Å². The molecule has 2 N–H and O–H groups in total. The molecule has 1 radical (unpaired) electrons. The average Bonchev–Trinajstić information content (AvgIpc) is 2.88. The van der Waals surface area contributed by atoms with E-state index in [9.17, 15) is 9.90 Å². The Kier molecular flexibility index (Phi) is 6.57. The van der Waals surface area contributed by atoms with Crippen LogP contribution in [0.3, 0.4) is 0 Å². The molecule has 0 saturated carbocycles. The third-order valence-electron chi connectivity index (χ3n) is 4.18. The molecule has 5 nitrogen and oxygen atoms in total. The summed E-state index contributed by atoms with van der Waals surface area (Å²) in [7, 11) is 1.62. The number of methoxy groups -OCH3 is 1. The number of nitrogens with zero attached hydrogens (tertiary/aromatic N) is 1. The van der Waals surface area contributed by atoms with Gasteiger partial charge in [0.15, 0.2) is 0 Å². The van der Waals surface area contributed by atoms with Crippen LogP contribution in [-0.2, 0) is 16.0 Å². The highest BCUT2D eigenvalue weighted by Gasteiger charge is 2.43. The number of carbonyl (C=O) groups excluding carboxylic acids is 1. The summed E-state index contributed by atoms with van der Waals surface area (Å²) in [4.78, 5) is 14.4. The normalized spacial score (nSPS) is 22.8. The average molecular weight is 319 g/mol. The second-order valence-electron chi connectivity index (χ2n) is 6.27. The van der Waals surface area contributed by atoms with E-state index in [1.54, 1.807) is 18.4 Å². The fraction of sp³-hybridized carbons (Fsp3) is 0.556. The quantitative estimate of drug-likeness (QED) is 0.756. The highest BCUT2D eigenvalue weighted by Crippen LogP contribution is 2.20. The van der Waals surface area contributed by atoms with Crippen molar-refractivity contribution in [1.29, 1.82) is 0 Å². The van der Waals surface area contributed by atoms with Crippen LogP contribution in [0, 0.1) is 12.3 Å².